The van der Waals surface area contributed by atoms with Crippen LogP contribution in [-0.2, 0) is 12.8 Å². The van der Waals surface area contributed by atoms with Crippen molar-refractivity contribution in [1.29, 1.82) is 0 Å². The lowest BCUT2D eigenvalue weighted by Crippen LogP contribution is -2.10. The maximum absolute atomic E-state index is 2.46. The molecule has 0 saturated carbocycles. The maximum Gasteiger partial charge on any atom is 0.0464 e. The van der Waals surface area contributed by atoms with Gasteiger partial charge in [-0.3, -0.25) is 0 Å². The van der Waals surface area contributed by atoms with Gasteiger partial charge >= 0.3 is 0 Å². The number of nitrogens with zero attached hydrogens (tertiary/aromatic N) is 1. The molecule has 1 nitrogen and oxygen atoms in total. The number of anilines is 3. The lowest BCUT2D eigenvalue weighted by Gasteiger charge is -2.26. The van der Waals surface area contributed by atoms with Crippen molar-refractivity contribution in [2.24, 2.45) is 0 Å². The van der Waals surface area contributed by atoms with Crippen molar-refractivity contribution in [2.75, 3.05) is 4.90 Å². The zero-order valence-electron chi connectivity index (χ0n) is 21.1. The second kappa shape index (κ2) is 7.96. The van der Waals surface area contributed by atoms with Crippen molar-refractivity contribution in [3.05, 3.63) is 136 Å². The minimum absolute atomic E-state index is 0.989. The van der Waals surface area contributed by atoms with Gasteiger partial charge in [0.15, 0.2) is 0 Å². The smallest absolute Gasteiger partial charge is 0.0464 e. The van der Waals surface area contributed by atoms with Gasteiger partial charge in [0.1, 0.15) is 0 Å². The first-order valence-electron chi connectivity index (χ1n) is 12.9. The summed E-state index contributed by atoms with van der Waals surface area (Å²) in [5.74, 6) is 0. The second-order valence-corrected chi connectivity index (χ2v) is 10.5. The van der Waals surface area contributed by atoms with Crippen molar-refractivity contribution in [3.8, 4) is 22.3 Å². The fraction of sp³-hybridized carbons (Fsp3) is 0.143. The Kier molecular flexibility index (Phi) is 4.69. The van der Waals surface area contributed by atoms with Crippen LogP contribution in [0.5, 0.6) is 0 Å². The van der Waals surface area contributed by atoms with Gasteiger partial charge in [-0.2, -0.15) is 0 Å². The van der Waals surface area contributed by atoms with E-state index in [1.165, 1.54) is 78.3 Å². The Hall–Kier alpha value is -4.10. The summed E-state index contributed by atoms with van der Waals surface area (Å²) in [4.78, 5) is 2.38. The monoisotopic (exact) mass is 463 g/mol. The van der Waals surface area contributed by atoms with E-state index in [2.05, 4.69) is 123 Å². The van der Waals surface area contributed by atoms with Crippen molar-refractivity contribution >= 4 is 17.1 Å². The lowest BCUT2D eigenvalue weighted by atomic mass is 9.98. The van der Waals surface area contributed by atoms with E-state index in [-0.39, 0.29) is 0 Å². The molecule has 0 N–H and O–H groups in total. The van der Waals surface area contributed by atoms with E-state index in [1.807, 2.05) is 0 Å². The van der Waals surface area contributed by atoms with E-state index < -0.39 is 0 Å². The molecule has 36 heavy (non-hydrogen) atoms. The first-order valence-corrected chi connectivity index (χ1v) is 12.9. The molecule has 0 fully saturated rings. The molecule has 0 amide bonds. The van der Waals surface area contributed by atoms with Gasteiger partial charge < -0.3 is 4.90 Å². The maximum atomic E-state index is 2.46. The van der Waals surface area contributed by atoms with E-state index in [4.69, 9.17) is 0 Å². The zero-order chi connectivity index (χ0) is 24.4. The van der Waals surface area contributed by atoms with E-state index in [1.54, 1.807) is 0 Å². The molecule has 7 rings (SSSR count). The van der Waals surface area contributed by atoms with Crippen LogP contribution in [0.3, 0.4) is 0 Å². The molecule has 0 spiro atoms. The predicted molar refractivity (Wildman–Crippen MR) is 152 cm³/mol. The molecule has 0 radical (unpaired) electrons. The van der Waals surface area contributed by atoms with E-state index in [9.17, 15) is 0 Å². The van der Waals surface area contributed by atoms with Gasteiger partial charge in [0.25, 0.3) is 0 Å². The molecule has 1 heteroatoms. The Balaban J connectivity index is 1.30. The van der Waals surface area contributed by atoms with E-state index in [0.717, 1.165) is 12.8 Å². The van der Waals surface area contributed by atoms with Crippen molar-refractivity contribution in [3.63, 3.8) is 0 Å². The van der Waals surface area contributed by atoms with Crippen LogP contribution in [0, 0.1) is 20.8 Å². The quantitative estimate of drug-likeness (QED) is 0.252. The van der Waals surface area contributed by atoms with Gasteiger partial charge in [0.2, 0.25) is 0 Å². The molecule has 0 bridgehead atoms. The molecule has 0 heterocycles. The fourth-order valence-electron chi connectivity index (χ4n) is 5.99. The Bertz CT molecular complexity index is 1590. The van der Waals surface area contributed by atoms with Crippen molar-refractivity contribution in [2.45, 2.75) is 33.6 Å². The second-order valence-electron chi connectivity index (χ2n) is 10.5. The van der Waals surface area contributed by atoms with Crippen LogP contribution in [0.15, 0.2) is 97.1 Å². The molecule has 0 aromatic heterocycles. The van der Waals surface area contributed by atoms with Crippen LogP contribution in [0.4, 0.5) is 17.1 Å². The van der Waals surface area contributed by atoms with E-state index in [0.29, 0.717) is 0 Å². The highest BCUT2D eigenvalue weighted by Crippen LogP contribution is 2.46. The molecular formula is C35H29N. The van der Waals surface area contributed by atoms with Gasteiger partial charge in [-0.05, 0) is 127 Å². The minimum Gasteiger partial charge on any atom is -0.310 e. The third-order valence-corrected chi connectivity index (χ3v) is 7.86. The zero-order valence-corrected chi connectivity index (χ0v) is 21.1. The summed E-state index contributed by atoms with van der Waals surface area (Å²) in [6, 6.07) is 36.5. The number of rotatable bonds is 3. The summed E-state index contributed by atoms with van der Waals surface area (Å²) >= 11 is 0. The third kappa shape index (κ3) is 3.38. The number of fused-ring (bicyclic) bond motifs is 6. The first kappa shape index (κ1) is 21.2. The van der Waals surface area contributed by atoms with Crippen LogP contribution in [0.1, 0.15) is 38.9 Å². The van der Waals surface area contributed by atoms with Gasteiger partial charge in [-0.15, -0.1) is 0 Å². The van der Waals surface area contributed by atoms with E-state index >= 15 is 0 Å². The molecule has 0 atom stereocenters. The van der Waals surface area contributed by atoms with Gasteiger partial charge in [-0.25, -0.2) is 0 Å². The molecule has 0 saturated heterocycles. The molecule has 5 aromatic carbocycles. The van der Waals surface area contributed by atoms with Crippen LogP contribution in [0.2, 0.25) is 0 Å². The van der Waals surface area contributed by atoms with Crippen molar-refractivity contribution in [1.82, 2.24) is 0 Å². The Morgan fingerprint density at radius 3 is 1.36 bits per heavy atom. The molecule has 0 aliphatic heterocycles. The summed E-state index contributed by atoms with van der Waals surface area (Å²) in [6.45, 7) is 6.47. The molecule has 2 aliphatic rings. The first-order chi connectivity index (χ1) is 17.5. The number of benzene rings is 5. The SMILES string of the molecule is Cc1ccc(N(c2ccc(C)cc2)c2ccc3c(c2)Cc2cc4c(cc2-3)Cc2cc(C)ccc2-4)cc1. The minimum atomic E-state index is 0.989. The molecular weight excluding hydrogens is 434 g/mol. The number of hydrogen-bond donors (Lipinski definition) is 0. The summed E-state index contributed by atoms with van der Waals surface area (Å²) in [7, 11) is 0. The van der Waals surface area contributed by atoms with Crippen LogP contribution >= 0.6 is 0 Å². The third-order valence-electron chi connectivity index (χ3n) is 7.86. The van der Waals surface area contributed by atoms with Crippen LogP contribution < -0.4 is 4.90 Å². The summed E-state index contributed by atoms with van der Waals surface area (Å²) < 4.78 is 0. The summed E-state index contributed by atoms with van der Waals surface area (Å²) in [5.41, 5.74) is 18.9. The highest BCUT2D eigenvalue weighted by atomic mass is 15.1. The van der Waals surface area contributed by atoms with Crippen LogP contribution in [0.25, 0.3) is 22.3 Å². The summed E-state index contributed by atoms with van der Waals surface area (Å²) in [5, 5.41) is 0. The van der Waals surface area contributed by atoms with Gasteiger partial charge in [0, 0.05) is 17.1 Å². The standard InChI is InChI=1S/C35H29N/c1-22-4-9-29(10-5-22)36(30-11-6-23(2)7-12-30)31-13-15-33-26(19-31)18-28-21-34-27(20-35(28)33)17-25-16-24(3)8-14-32(25)34/h4-16,19-21H,17-18H2,1-3H3. The molecule has 0 unspecified atom stereocenters. The van der Waals surface area contributed by atoms with Crippen molar-refractivity contribution < 1.29 is 0 Å². The normalized spacial score (nSPS) is 12.6. The average Bonchev–Trinajstić information content (AvgIpc) is 3.41. The van der Waals surface area contributed by atoms with Gasteiger partial charge in [-0.1, -0.05) is 65.2 Å². The average molecular weight is 464 g/mol. The molecule has 174 valence electrons. The van der Waals surface area contributed by atoms with Crippen LogP contribution in [-0.4, -0.2) is 0 Å². The molecule has 2 aliphatic carbocycles. The fourth-order valence-corrected chi connectivity index (χ4v) is 5.99. The lowest BCUT2D eigenvalue weighted by molar-refractivity contribution is 1.22. The predicted octanol–water partition coefficient (Wildman–Crippen LogP) is 9.22. The Morgan fingerprint density at radius 1 is 0.389 bits per heavy atom. The van der Waals surface area contributed by atoms with Gasteiger partial charge in [0.05, 0.1) is 0 Å². The summed E-state index contributed by atoms with van der Waals surface area (Å²) in [6.07, 6.45) is 2.03. The number of hydrogen-bond acceptors (Lipinski definition) is 1. The Labute approximate surface area is 213 Å². The number of aryl methyl sites for hydroxylation is 3. The highest BCUT2D eigenvalue weighted by Gasteiger charge is 2.26. The highest BCUT2D eigenvalue weighted by molar-refractivity contribution is 5.87. The largest absolute Gasteiger partial charge is 0.310 e. The topological polar surface area (TPSA) is 3.24 Å². The molecule has 5 aromatic rings. The Morgan fingerprint density at radius 2 is 0.806 bits per heavy atom.